The van der Waals surface area contributed by atoms with Crippen molar-refractivity contribution >= 4 is 0 Å². The fourth-order valence-electron chi connectivity index (χ4n) is 4.10. The Bertz CT molecular complexity index is 425. The Morgan fingerprint density at radius 2 is 1.32 bits per heavy atom. The molecule has 0 saturated carbocycles. The van der Waals surface area contributed by atoms with Gasteiger partial charge in [0.25, 0.3) is 0 Å². The molecular formula is C23H40NO+. The van der Waals surface area contributed by atoms with Gasteiger partial charge in [0.1, 0.15) is 19.6 Å². The lowest BCUT2D eigenvalue weighted by Gasteiger charge is -2.41. The molecule has 142 valence electrons. The van der Waals surface area contributed by atoms with Gasteiger partial charge in [-0.3, -0.25) is 0 Å². The van der Waals surface area contributed by atoms with Crippen LogP contribution in [0.2, 0.25) is 0 Å². The smallest absolute Gasteiger partial charge is 0.104 e. The van der Waals surface area contributed by atoms with E-state index in [0.717, 1.165) is 13.2 Å². The fourth-order valence-corrected chi connectivity index (χ4v) is 4.10. The maximum atomic E-state index is 5.65. The Labute approximate surface area is 156 Å². The Kier molecular flexibility index (Phi) is 10.2. The summed E-state index contributed by atoms with van der Waals surface area (Å²) in [6.07, 6.45) is 14.2. The Balaban J connectivity index is 1.62. The maximum Gasteiger partial charge on any atom is 0.104 e. The van der Waals surface area contributed by atoms with Crippen molar-refractivity contribution < 1.29 is 9.22 Å². The van der Waals surface area contributed by atoms with Crippen LogP contribution in [0.3, 0.4) is 0 Å². The molecule has 1 aliphatic heterocycles. The Morgan fingerprint density at radius 3 is 1.92 bits per heavy atom. The Hall–Kier alpha value is -0.860. The summed E-state index contributed by atoms with van der Waals surface area (Å²) in [5, 5.41) is 0. The van der Waals surface area contributed by atoms with Crippen LogP contribution in [-0.2, 0) is 11.3 Å². The summed E-state index contributed by atoms with van der Waals surface area (Å²) >= 11 is 0. The minimum absolute atomic E-state index is 0.935. The summed E-state index contributed by atoms with van der Waals surface area (Å²) in [6.45, 7) is 9.05. The number of benzene rings is 1. The molecule has 0 spiro atoms. The predicted molar refractivity (Wildman–Crippen MR) is 108 cm³/mol. The van der Waals surface area contributed by atoms with E-state index in [0.29, 0.717) is 0 Å². The molecule has 0 bridgehead atoms. The third-order valence-electron chi connectivity index (χ3n) is 5.77. The topological polar surface area (TPSA) is 9.23 Å². The molecule has 2 heteroatoms. The number of morpholine rings is 1. The summed E-state index contributed by atoms with van der Waals surface area (Å²) in [6, 6.07) is 11.0. The monoisotopic (exact) mass is 346 g/mol. The molecule has 1 aliphatic rings. The number of rotatable bonds is 13. The van der Waals surface area contributed by atoms with Crippen LogP contribution >= 0.6 is 0 Å². The van der Waals surface area contributed by atoms with Gasteiger partial charge in [-0.1, -0.05) is 88.6 Å². The highest BCUT2D eigenvalue weighted by molar-refractivity contribution is 5.13. The number of hydrogen-bond acceptors (Lipinski definition) is 1. The lowest BCUT2D eigenvalue weighted by molar-refractivity contribution is -0.947. The molecular weight excluding hydrogens is 306 g/mol. The standard InChI is InChI=1S/C23H40NO/c1-2-3-4-5-6-7-8-9-10-14-17-24(18-20-25-21-19-24)22-23-15-12-11-13-16-23/h11-13,15-16H,2-10,14,17-22H2,1H3/q+1. The second kappa shape index (κ2) is 12.5. The summed E-state index contributed by atoms with van der Waals surface area (Å²) < 4.78 is 6.88. The Morgan fingerprint density at radius 1 is 0.760 bits per heavy atom. The van der Waals surface area contributed by atoms with Gasteiger partial charge >= 0.3 is 0 Å². The molecule has 0 amide bonds. The lowest BCUT2D eigenvalue weighted by Crippen LogP contribution is -2.54. The van der Waals surface area contributed by atoms with Gasteiger partial charge < -0.3 is 9.22 Å². The highest BCUT2D eigenvalue weighted by Gasteiger charge is 2.29. The number of hydrogen-bond donors (Lipinski definition) is 0. The second-order valence-electron chi connectivity index (χ2n) is 7.95. The van der Waals surface area contributed by atoms with Crippen molar-refractivity contribution in [2.24, 2.45) is 0 Å². The van der Waals surface area contributed by atoms with Crippen LogP contribution < -0.4 is 0 Å². The minimum atomic E-state index is 0.935. The molecule has 1 aromatic carbocycles. The molecule has 0 atom stereocenters. The van der Waals surface area contributed by atoms with Gasteiger partial charge in [-0.2, -0.15) is 0 Å². The molecule has 0 aromatic heterocycles. The van der Waals surface area contributed by atoms with Crippen LogP contribution in [0.25, 0.3) is 0 Å². The van der Waals surface area contributed by atoms with E-state index >= 15 is 0 Å². The predicted octanol–water partition coefficient (Wildman–Crippen LogP) is 5.95. The van der Waals surface area contributed by atoms with Crippen molar-refractivity contribution in [3.05, 3.63) is 35.9 Å². The van der Waals surface area contributed by atoms with Crippen LogP contribution in [0.1, 0.15) is 76.7 Å². The number of ether oxygens (including phenoxy) is 1. The van der Waals surface area contributed by atoms with E-state index in [1.165, 1.54) is 100 Å². The quantitative estimate of drug-likeness (QED) is 0.316. The van der Waals surface area contributed by atoms with Gasteiger partial charge in [-0.25, -0.2) is 0 Å². The van der Waals surface area contributed by atoms with Gasteiger partial charge in [0.05, 0.1) is 19.8 Å². The molecule has 0 radical (unpaired) electrons. The number of unbranched alkanes of at least 4 members (excludes halogenated alkanes) is 9. The zero-order valence-corrected chi connectivity index (χ0v) is 16.6. The van der Waals surface area contributed by atoms with E-state index in [9.17, 15) is 0 Å². The molecule has 1 saturated heterocycles. The summed E-state index contributed by atoms with van der Waals surface area (Å²) in [5.41, 5.74) is 1.48. The van der Waals surface area contributed by atoms with Gasteiger partial charge in [-0.05, 0) is 12.8 Å². The second-order valence-corrected chi connectivity index (χ2v) is 7.95. The summed E-state index contributed by atoms with van der Waals surface area (Å²) in [4.78, 5) is 0. The first kappa shape index (κ1) is 20.5. The van der Waals surface area contributed by atoms with E-state index in [-0.39, 0.29) is 0 Å². The van der Waals surface area contributed by atoms with Gasteiger partial charge in [-0.15, -0.1) is 0 Å². The molecule has 2 rings (SSSR count). The highest BCUT2D eigenvalue weighted by Crippen LogP contribution is 2.20. The van der Waals surface area contributed by atoms with Crippen molar-refractivity contribution in [3.8, 4) is 0 Å². The van der Waals surface area contributed by atoms with Crippen LogP contribution in [0.5, 0.6) is 0 Å². The van der Waals surface area contributed by atoms with Crippen molar-refractivity contribution in [1.29, 1.82) is 0 Å². The van der Waals surface area contributed by atoms with Crippen molar-refractivity contribution in [2.45, 2.75) is 77.7 Å². The zero-order valence-electron chi connectivity index (χ0n) is 16.6. The molecule has 0 unspecified atom stereocenters. The SMILES string of the molecule is CCCCCCCCCCCC[N+]1(Cc2ccccc2)CCOCC1. The van der Waals surface area contributed by atoms with Crippen molar-refractivity contribution in [1.82, 2.24) is 0 Å². The first-order valence-electron chi connectivity index (χ1n) is 10.8. The summed E-state index contributed by atoms with van der Waals surface area (Å²) in [7, 11) is 0. The van der Waals surface area contributed by atoms with Crippen molar-refractivity contribution in [3.63, 3.8) is 0 Å². The van der Waals surface area contributed by atoms with E-state index in [1.54, 1.807) is 0 Å². The minimum Gasteiger partial charge on any atom is -0.370 e. The summed E-state index contributed by atoms with van der Waals surface area (Å²) in [5.74, 6) is 0. The molecule has 0 aliphatic carbocycles. The molecule has 25 heavy (non-hydrogen) atoms. The molecule has 1 aromatic rings. The number of quaternary nitrogens is 1. The van der Waals surface area contributed by atoms with E-state index < -0.39 is 0 Å². The van der Waals surface area contributed by atoms with Crippen LogP contribution in [0.4, 0.5) is 0 Å². The molecule has 2 nitrogen and oxygen atoms in total. The van der Waals surface area contributed by atoms with Crippen LogP contribution in [0, 0.1) is 0 Å². The fraction of sp³-hybridized carbons (Fsp3) is 0.739. The average Bonchev–Trinajstić information content (AvgIpc) is 2.65. The normalized spacial score (nSPS) is 16.8. The third kappa shape index (κ3) is 8.37. The van der Waals surface area contributed by atoms with E-state index in [4.69, 9.17) is 4.74 Å². The maximum absolute atomic E-state index is 5.65. The van der Waals surface area contributed by atoms with Crippen molar-refractivity contribution in [2.75, 3.05) is 32.8 Å². The van der Waals surface area contributed by atoms with Gasteiger partial charge in [0.15, 0.2) is 0 Å². The lowest BCUT2D eigenvalue weighted by atomic mass is 10.1. The van der Waals surface area contributed by atoms with E-state index in [2.05, 4.69) is 37.3 Å². The first-order chi connectivity index (χ1) is 12.3. The highest BCUT2D eigenvalue weighted by atomic mass is 16.5. The van der Waals surface area contributed by atoms with Crippen LogP contribution in [-0.4, -0.2) is 37.3 Å². The third-order valence-corrected chi connectivity index (χ3v) is 5.77. The van der Waals surface area contributed by atoms with Crippen LogP contribution in [0.15, 0.2) is 30.3 Å². The number of nitrogens with zero attached hydrogens (tertiary/aromatic N) is 1. The van der Waals surface area contributed by atoms with E-state index in [1.807, 2.05) is 0 Å². The largest absolute Gasteiger partial charge is 0.370 e. The zero-order chi connectivity index (χ0) is 17.6. The molecule has 0 N–H and O–H groups in total. The molecule has 1 fully saturated rings. The van der Waals surface area contributed by atoms with Gasteiger partial charge in [0, 0.05) is 5.56 Å². The molecule has 1 heterocycles. The average molecular weight is 347 g/mol. The first-order valence-corrected chi connectivity index (χ1v) is 10.8. The van der Waals surface area contributed by atoms with Gasteiger partial charge in [0.2, 0.25) is 0 Å².